The number of rotatable bonds is 0. The van der Waals surface area contributed by atoms with Gasteiger partial charge in [0.05, 0.1) is 0 Å². The Labute approximate surface area is 107 Å². The minimum Gasteiger partial charge on any atom is -0.348 e. The summed E-state index contributed by atoms with van der Waals surface area (Å²) >= 11 is 0. The topological polar surface area (TPSA) is 75.3 Å². The summed E-state index contributed by atoms with van der Waals surface area (Å²) in [6.45, 7) is 0.419. The molecule has 0 spiro atoms. The lowest BCUT2D eigenvalue weighted by molar-refractivity contribution is 0.0842. The molecule has 0 aliphatic carbocycles. The molecule has 5 nitrogen and oxygen atoms in total. The predicted molar refractivity (Wildman–Crippen MR) is 66.9 cm³/mol. The van der Waals surface area contributed by atoms with Gasteiger partial charge >= 0.3 is 0 Å². The van der Waals surface area contributed by atoms with Crippen LogP contribution in [-0.2, 0) is 6.54 Å². The van der Waals surface area contributed by atoms with Gasteiger partial charge in [0.25, 0.3) is 17.7 Å². The average molecular weight is 252 g/mol. The number of hydrogen-bond donors (Lipinski definition) is 2. The molecule has 0 bridgehead atoms. The minimum atomic E-state index is -0.410. The van der Waals surface area contributed by atoms with E-state index in [4.69, 9.17) is 0 Å². The zero-order valence-electron chi connectivity index (χ0n) is 9.74. The van der Waals surface area contributed by atoms with Gasteiger partial charge in [0.1, 0.15) is 0 Å². The Bertz CT molecular complexity index is 788. The highest BCUT2D eigenvalue weighted by atomic mass is 16.2. The van der Waals surface area contributed by atoms with Crippen LogP contribution in [0.5, 0.6) is 0 Å². The Hall–Kier alpha value is -2.69. The van der Waals surface area contributed by atoms with Crippen molar-refractivity contribution in [2.45, 2.75) is 6.54 Å². The van der Waals surface area contributed by atoms with Crippen molar-refractivity contribution in [2.75, 3.05) is 0 Å². The van der Waals surface area contributed by atoms with Crippen molar-refractivity contribution < 1.29 is 14.4 Å². The zero-order chi connectivity index (χ0) is 13.1. The fourth-order valence-electron chi connectivity index (χ4n) is 2.79. The number of nitrogens with one attached hydrogen (secondary N) is 2. The molecule has 4 rings (SSSR count). The van der Waals surface area contributed by atoms with E-state index in [0.717, 1.165) is 10.9 Å². The molecule has 2 heterocycles. The van der Waals surface area contributed by atoms with Crippen LogP contribution in [0.3, 0.4) is 0 Å². The first kappa shape index (κ1) is 10.3. The minimum absolute atomic E-state index is 0.172. The summed E-state index contributed by atoms with van der Waals surface area (Å²) in [5, 5.41) is 6.39. The number of hydrogen-bond acceptors (Lipinski definition) is 3. The number of imide groups is 1. The van der Waals surface area contributed by atoms with Gasteiger partial charge in [-0.1, -0.05) is 6.07 Å². The number of carbonyl (C=O) groups excluding carboxylic acids is 3. The second-order valence-corrected chi connectivity index (χ2v) is 4.65. The quantitative estimate of drug-likeness (QED) is 0.686. The molecule has 5 heteroatoms. The van der Waals surface area contributed by atoms with Gasteiger partial charge in [-0.25, -0.2) is 0 Å². The largest absolute Gasteiger partial charge is 0.348 e. The SMILES string of the molecule is O=C1NCc2ccc3c4c(ccc1c24)C(=O)NC3=O. The number of amides is 3. The summed E-state index contributed by atoms with van der Waals surface area (Å²) in [7, 11) is 0. The molecule has 0 aromatic heterocycles. The smallest absolute Gasteiger partial charge is 0.258 e. The van der Waals surface area contributed by atoms with Crippen LogP contribution in [0.4, 0.5) is 0 Å². The monoisotopic (exact) mass is 252 g/mol. The summed E-state index contributed by atoms with van der Waals surface area (Å²) in [5.41, 5.74) is 2.34. The molecular weight excluding hydrogens is 244 g/mol. The molecule has 0 radical (unpaired) electrons. The third-order valence-electron chi connectivity index (χ3n) is 3.65. The second-order valence-electron chi connectivity index (χ2n) is 4.65. The molecule has 0 unspecified atom stereocenters. The third-order valence-corrected chi connectivity index (χ3v) is 3.65. The lowest BCUT2D eigenvalue weighted by Gasteiger charge is -2.23. The van der Waals surface area contributed by atoms with E-state index in [2.05, 4.69) is 10.6 Å². The van der Waals surface area contributed by atoms with Crippen LogP contribution in [0, 0.1) is 0 Å². The first-order valence-corrected chi connectivity index (χ1v) is 5.89. The molecular formula is C14H8N2O3. The van der Waals surface area contributed by atoms with Crippen molar-refractivity contribution in [1.29, 1.82) is 0 Å². The summed E-state index contributed by atoms with van der Waals surface area (Å²) in [6.07, 6.45) is 0. The average Bonchev–Trinajstić information content (AvgIpc) is 2.41. The Morgan fingerprint density at radius 3 is 2.00 bits per heavy atom. The standard InChI is InChI=1S/C14H8N2O3/c17-12-7-3-4-9-11-8(13(18)16-14(9)19)2-1-6(5-15-12)10(7)11/h1-4H,5H2,(H,15,17)(H,16,18,19). The van der Waals surface area contributed by atoms with E-state index in [1.165, 1.54) is 0 Å². The van der Waals surface area contributed by atoms with E-state index >= 15 is 0 Å². The van der Waals surface area contributed by atoms with Crippen molar-refractivity contribution in [3.63, 3.8) is 0 Å². The summed E-state index contributed by atoms with van der Waals surface area (Å²) in [6, 6.07) is 6.75. The summed E-state index contributed by atoms with van der Waals surface area (Å²) in [4.78, 5) is 35.6. The first-order chi connectivity index (χ1) is 9.16. The van der Waals surface area contributed by atoms with Crippen LogP contribution >= 0.6 is 0 Å². The van der Waals surface area contributed by atoms with Crippen LogP contribution in [-0.4, -0.2) is 17.7 Å². The highest BCUT2D eigenvalue weighted by molar-refractivity contribution is 6.28. The van der Waals surface area contributed by atoms with Gasteiger partial charge in [-0.2, -0.15) is 0 Å². The van der Waals surface area contributed by atoms with Crippen LogP contribution in [0.25, 0.3) is 10.8 Å². The molecule has 0 saturated heterocycles. The maximum absolute atomic E-state index is 11.9. The van der Waals surface area contributed by atoms with Crippen molar-refractivity contribution in [1.82, 2.24) is 10.6 Å². The molecule has 2 aliphatic heterocycles. The van der Waals surface area contributed by atoms with E-state index < -0.39 is 11.8 Å². The van der Waals surface area contributed by atoms with E-state index in [1.807, 2.05) is 6.07 Å². The zero-order valence-corrected chi connectivity index (χ0v) is 9.74. The molecule has 0 saturated carbocycles. The third kappa shape index (κ3) is 1.16. The van der Waals surface area contributed by atoms with E-state index in [9.17, 15) is 14.4 Å². The van der Waals surface area contributed by atoms with Crippen molar-refractivity contribution in [2.24, 2.45) is 0 Å². The fraction of sp³-hybridized carbons (Fsp3) is 0.0714. The second kappa shape index (κ2) is 3.20. The summed E-state index contributed by atoms with van der Waals surface area (Å²) < 4.78 is 0. The lowest BCUT2D eigenvalue weighted by atomic mass is 9.87. The van der Waals surface area contributed by atoms with Crippen LogP contribution < -0.4 is 10.6 Å². The maximum atomic E-state index is 11.9. The Morgan fingerprint density at radius 1 is 0.737 bits per heavy atom. The summed E-state index contributed by atoms with van der Waals surface area (Å²) in [5.74, 6) is -0.992. The number of benzene rings is 2. The van der Waals surface area contributed by atoms with Crippen LogP contribution in [0.1, 0.15) is 36.6 Å². The van der Waals surface area contributed by atoms with E-state index in [0.29, 0.717) is 28.6 Å². The Kier molecular flexibility index (Phi) is 1.73. The van der Waals surface area contributed by atoms with Gasteiger partial charge < -0.3 is 5.32 Å². The predicted octanol–water partition coefficient (Wildman–Crippen LogP) is 0.967. The van der Waals surface area contributed by atoms with Gasteiger partial charge in [-0.05, 0) is 23.8 Å². The maximum Gasteiger partial charge on any atom is 0.258 e. The van der Waals surface area contributed by atoms with Crippen molar-refractivity contribution >= 4 is 28.5 Å². The molecule has 3 amide bonds. The van der Waals surface area contributed by atoms with E-state index in [1.54, 1.807) is 18.2 Å². The van der Waals surface area contributed by atoms with E-state index in [-0.39, 0.29) is 5.91 Å². The highest BCUT2D eigenvalue weighted by Gasteiger charge is 2.29. The molecule has 0 fully saturated rings. The van der Waals surface area contributed by atoms with Gasteiger partial charge in [-0.3, -0.25) is 19.7 Å². The normalized spacial score (nSPS) is 16.3. The molecule has 92 valence electrons. The molecule has 2 aliphatic rings. The van der Waals surface area contributed by atoms with Gasteiger partial charge in [0.15, 0.2) is 0 Å². The molecule has 0 atom stereocenters. The molecule has 19 heavy (non-hydrogen) atoms. The molecule has 2 aromatic rings. The Balaban J connectivity index is 2.27. The van der Waals surface area contributed by atoms with Crippen molar-refractivity contribution in [3.05, 3.63) is 46.5 Å². The van der Waals surface area contributed by atoms with Crippen molar-refractivity contribution in [3.8, 4) is 0 Å². The van der Waals surface area contributed by atoms with Crippen LogP contribution in [0.2, 0.25) is 0 Å². The Morgan fingerprint density at radius 2 is 1.32 bits per heavy atom. The molecule has 2 N–H and O–H groups in total. The van der Waals surface area contributed by atoms with Gasteiger partial charge in [0.2, 0.25) is 0 Å². The fourth-order valence-corrected chi connectivity index (χ4v) is 2.79. The number of carbonyl (C=O) groups is 3. The molecule has 2 aromatic carbocycles. The first-order valence-electron chi connectivity index (χ1n) is 5.89. The lowest BCUT2D eigenvalue weighted by Crippen LogP contribution is -2.36. The highest BCUT2D eigenvalue weighted by Crippen LogP contribution is 2.33. The van der Waals surface area contributed by atoms with Gasteiger partial charge in [-0.15, -0.1) is 0 Å². The van der Waals surface area contributed by atoms with Gasteiger partial charge in [0, 0.05) is 34.0 Å². The van der Waals surface area contributed by atoms with Crippen LogP contribution in [0.15, 0.2) is 24.3 Å².